The number of nitrogens with zero attached hydrogens (tertiary/aromatic N) is 3. The number of hydrogen-bond acceptors (Lipinski definition) is 5. The van der Waals surface area contributed by atoms with Crippen molar-refractivity contribution in [1.82, 2.24) is 9.78 Å². The van der Waals surface area contributed by atoms with E-state index in [4.69, 9.17) is 28.5 Å². The van der Waals surface area contributed by atoms with Gasteiger partial charge in [0.2, 0.25) is 5.96 Å². The molecule has 2 rings (SSSR count). The summed E-state index contributed by atoms with van der Waals surface area (Å²) in [5.74, 6) is -0.262. The van der Waals surface area contributed by atoms with Gasteiger partial charge in [-0.1, -0.05) is 11.6 Å². The summed E-state index contributed by atoms with van der Waals surface area (Å²) in [5.41, 5.74) is 12.5. The second-order valence-corrected chi connectivity index (χ2v) is 4.24. The first-order valence-corrected chi connectivity index (χ1v) is 5.77. The van der Waals surface area contributed by atoms with E-state index in [1.807, 2.05) is 0 Å². The highest BCUT2D eigenvalue weighted by molar-refractivity contribution is 6.31. The first-order chi connectivity index (χ1) is 9.02. The van der Waals surface area contributed by atoms with Crippen molar-refractivity contribution in [3.63, 3.8) is 0 Å². The van der Waals surface area contributed by atoms with Gasteiger partial charge in [0.1, 0.15) is 0 Å². The van der Waals surface area contributed by atoms with Crippen LogP contribution in [0.2, 0.25) is 5.02 Å². The minimum atomic E-state index is -0.262. The van der Waals surface area contributed by atoms with Gasteiger partial charge in [-0.05, 0) is 23.8 Å². The van der Waals surface area contributed by atoms with Crippen molar-refractivity contribution < 1.29 is 5.21 Å². The van der Waals surface area contributed by atoms with Gasteiger partial charge < -0.3 is 11.5 Å². The van der Waals surface area contributed by atoms with E-state index >= 15 is 0 Å². The molecule has 0 bridgehead atoms. The summed E-state index contributed by atoms with van der Waals surface area (Å²) < 4.78 is 1.14. The number of halogens is 1. The summed E-state index contributed by atoms with van der Waals surface area (Å²) in [4.78, 5) is 0. The average Bonchev–Trinajstić information content (AvgIpc) is 2.84. The lowest BCUT2D eigenvalue weighted by molar-refractivity contribution is 0.306. The summed E-state index contributed by atoms with van der Waals surface area (Å²) in [5, 5.41) is 22.8. The van der Waals surface area contributed by atoms with Crippen LogP contribution in [0, 0.1) is 5.41 Å². The number of anilines is 2. The van der Waals surface area contributed by atoms with Crippen molar-refractivity contribution >= 4 is 28.9 Å². The quantitative estimate of drug-likeness (QED) is 0.375. The van der Waals surface area contributed by atoms with Crippen molar-refractivity contribution in [1.29, 1.82) is 5.41 Å². The Balaban J connectivity index is 2.28. The molecule has 0 amide bonds. The predicted octanol–water partition coefficient (Wildman–Crippen LogP) is 1.26. The van der Waals surface area contributed by atoms with Gasteiger partial charge in [-0.3, -0.25) is 10.6 Å². The maximum absolute atomic E-state index is 9.99. The third-order valence-corrected chi connectivity index (χ3v) is 2.88. The monoisotopic (exact) mass is 280 g/mol. The third-order valence-electron chi connectivity index (χ3n) is 2.51. The van der Waals surface area contributed by atoms with Crippen molar-refractivity contribution in [3.8, 4) is 0 Å². The molecule has 0 saturated heterocycles. The normalized spacial score (nSPS) is 10.5. The van der Waals surface area contributed by atoms with E-state index in [0.29, 0.717) is 27.0 Å². The Bertz CT molecular complexity index is 611. The molecule has 1 heterocycles. The second kappa shape index (κ2) is 5.27. The fourth-order valence-corrected chi connectivity index (χ4v) is 1.72. The molecule has 1 aromatic heterocycles. The molecule has 0 aliphatic carbocycles. The standard InChI is InChI=1S/C11H13ClN6O/c12-10-2-1-9(3-7(10)4-13)18(19)11(15)17-6-8(14)5-16-17/h1-3,5-6,15,19H,4,13-14H2. The highest BCUT2D eigenvalue weighted by Crippen LogP contribution is 2.22. The highest BCUT2D eigenvalue weighted by Gasteiger charge is 2.13. The lowest BCUT2D eigenvalue weighted by Gasteiger charge is -2.18. The van der Waals surface area contributed by atoms with E-state index in [2.05, 4.69) is 5.10 Å². The van der Waals surface area contributed by atoms with Crippen LogP contribution >= 0.6 is 11.6 Å². The Hall–Kier alpha value is -2.09. The predicted molar refractivity (Wildman–Crippen MR) is 73.4 cm³/mol. The molecule has 19 heavy (non-hydrogen) atoms. The molecule has 0 aliphatic rings. The fraction of sp³-hybridized carbons (Fsp3) is 0.0909. The number of aromatic nitrogens is 2. The van der Waals surface area contributed by atoms with Gasteiger partial charge in [0.25, 0.3) is 0 Å². The number of nitrogens with two attached hydrogens (primary N) is 2. The van der Waals surface area contributed by atoms with Crippen LogP contribution in [0.1, 0.15) is 5.56 Å². The highest BCUT2D eigenvalue weighted by atomic mass is 35.5. The zero-order chi connectivity index (χ0) is 14.0. The molecule has 1 aromatic carbocycles. The molecule has 0 fully saturated rings. The van der Waals surface area contributed by atoms with Gasteiger partial charge >= 0.3 is 0 Å². The molecule has 0 atom stereocenters. The van der Waals surface area contributed by atoms with Gasteiger partial charge in [0.05, 0.1) is 23.8 Å². The molecule has 100 valence electrons. The van der Waals surface area contributed by atoms with Crippen LogP contribution in [-0.2, 0) is 6.54 Å². The molecule has 0 unspecified atom stereocenters. The lowest BCUT2D eigenvalue weighted by Crippen LogP contribution is -2.32. The minimum absolute atomic E-state index is 0.239. The van der Waals surface area contributed by atoms with Crippen LogP contribution in [0.3, 0.4) is 0 Å². The zero-order valence-corrected chi connectivity index (χ0v) is 10.7. The zero-order valence-electron chi connectivity index (χ0n) is 9.92. The van der Waals surface area contributed by atoms with E-state index < -0.39 is 0 Å². The Morgan fingerprint density at radius 1 is 1.53 bits per heavy atom. The number of hydrogen-bond donors (Lipinski definition) is 4. The molecule has 0 aliphatic heterocycles. The van der Waals surface area contributed by atoms with Crippen LogP contribution in [0.15, 0.2) is 30.6 Å². The van der Waals surface area contributed by atoms with Crippen LogP contribution in [0.4, 0.5) is 11.4 Å². The topological polar surface area (TPSA) is 117 Å². The Morgan fingerprint density at radius 3 is 2.84 bits per heavy atom. The molecule has 0 spiro atoms. The van der Waals surface area contributed by atoms with Crippen molar-refractivity contribution in [3.05, 3.63) is 41.2 Å². The fourth-order valence-electron chi connectivity index (χ4n) is 1.52. The minimum Gasteiger partial charge on any atom is -0.396 e. The SMILES string of the molecule is N=C(N(O)c1ccc(Cl)c(CN)c1)n1cc(N)cn1. The van der Waals surface area contributed by atoms with E-state index in [1.54, 1.807) is 18.2 Å². The number of nitrogens with one attached hydrogen (secondary N) is 1. The third kappa shape index (κ3) is 2.68. The summed E-state index contributed by atoms with van der Waals surface area (Å²) in [6, 6.07) is 4.78. The summed E-state index contributed by atoms with van der Waals surface area (Å²) in [6.07, 6.45) is 2.81. The number of rotatable bonds is 2. The largest absolute Gasteiger partial charge is 0.396 e. The van der Waals surface area contributed by atoms with Gasteiger partial charge in [-0.15, -0.1) is 0 Å². The smallest absolute Gasteiger partial charge is 0.248 e. The summed E-state index contributed by atoms with van der Waals surface area (Å²) in [7, 11) is 0. The number of benzene rings is 1. The Morgan fingerprint density at radius 2 is 2.26 bits per heavy atom. The maximum atomic E-state index is 9.99. The number of hydroxylamine groups is 1. The van der Waals surface area contributed by atoms with Crippen LogP contribution in [0.5, 0.6) is 0 Å². The molecule has 0 saturated carbocycles. The van der Waals surface area contributed by atoms with Crippen LogP contribution in [0.25, 0.3) is 0 Å². The number of nitrogen functional groups attached to an aromatic ring is 1. The Labute approximate surface area is 114 Å². The molecule has 0 radical (unpaired) electrons. The summed E-state index contributed by atoms with van der Waals surface area (Å²) >= 11 is 5.93. The van der Waals surface area contributed by atoms with Crippen molar-refractivity contribution in [2.75, 3.05) is 10.8 Å². The van der Waals surface area contributed by atoms with Crippen molar-refractivity contribution in [2.24, 2.45) is 5.73 Å². The molecular formula is C11H13ClN6O. The molecule has 6 N–H and O–H groups in total. The van der Waals surface area contributed by atoms with Gasteiger partial charge in [-0.2, -0.15) is 10.2 Å². The maximum Gasteiger partial charge on any atom is 0.248 e. The van der Waals surface area contributed by atoms with Gasteiger partial charge in [0.15, 0.2) is 0 Å². The van der Waals surface area contributed by atoms with Crippen LogP contribution in [-0.4, -0.2) is 20.9 Å². The average molecular weight is 281 g/mol. The molecule has 7 nitrogen and oxygen atoms in total. The van der Waals surface area contributed by atoms with Gasteiger partial charge in [0, 0.05) is 11.6 Å². The second-order valence-electron chi connectivity index (χ2n) is 3.83. The lowest BCUT2D eigenvalue weighted by atomic mass is 10.2. The van der Waals surface area contributed by atoms with E-state index in [9.17, 15) is 5.21 Å². The van der Waals surface area contributed by atoms with E-state index in [-0.39, 0.29) is 12.5 Å². The van der Waals surface area contributed by atoms with Crippen molar-refractivity contribution in [2.45, 2.75) is 6.54 Å². The molecular weight excluding hydrogens is 268 g/mol. The van der Waals surface area contributed by atoms with Gasteiger partial charge in [-0.25, -0.2) is 4.68 Å². The molecule has 2 aromatic rings. The molecule has 8 heteroatoms. The Kier molecular flexibility index (Phi) is 3.70. The summed E-state index contributed by atoms with van der Waals surface area (Å²) in [6.45, 7) is 0.239. The van der Waals surface area contributed by atoms with E-state index in [0.717, 1.165) is 4.68 Å². The van der Waals surface area contributed by atoms with E-state index in [1.165, 1.54) is 12.4 Å². The first kappa shape index (κ1) is 13.3. The first-order valence-electron chi connectivity index (χ1n) is 5.39. The van der Waals surface area contributed by atoms with Crippen LogP contribution < -0.4 is 16.5 Å².